The molecule has 0 bridgehead atoms. The van der Waals surface area contributed by atoms with Crippen molar-refractivity contribution in [2.45, 2.75) is 31.6 Å². The fraction of sp³-hybridized carbons (Fsp3) is 0.185. The maximum Gasteiger partial charge on any atom is 0.335 e. The van der Waals surface area contributed by atoms with Gasteiger partial charge in [-0.1, -0.05) is 55.3 Å². The summed E-state index contributed by atoms with van der Waals surface area (Å²) in [5.74, 6) is -0.501. The van der Waals surface area contributed by atoms with Crippen molar-refractivity contribution in [1.82, 2.24) is 4.98 Å². The Labute approximate surface area is 176 Å². The number of aromatic nitrogens is 1. The molecule has 1 aliphatic rings. The molecular weight excluding hydrogens is 370 g/mol. The molecule has 1 aromatic heterocycles. The molecule has 0 aliphatic heterocycles. The van der Waals surface area contributed by atoms with Crippen LogP contribution in [0.4, 0.5) is 0 Å². The van der Waals surface area contributed by atoms with E-state index in [0.717, 1.165) is 46.0 Å². The van der Waals surface area contributed by atoms with E-state index in [4.69, 9.17) is 0 Å². The van der Waals surface area contributed by atoms with E-state index in [0.29, 0.717) is 11.5 Å². The van der Waals surface area contributed by atoms with Crippen molar-refractivity contribution in [1.29, 1.82) is 0 Å². The molecule has 1 aliphatic carbocycles. The molecule has 5 rings (SSSR count). The van der Waals surface area contributed by atoms with Crippen LogP contribution in [0.3, 0.4) is 0 Å². The van der Waals surface area contributed by atoms with Crippen LogP contribution in [0.1, 0.15) is 47.5 Å². The van der Waals surface area contributed by atoms with Gasteiger partial charge < -0.3 is 5.11 Å². The summed E-state index contributed by atoms with van der Waals surface area (Å²) in [7, 11) is 0. The molecule has 0 unspecified atom stereocenters. The van der Waals surface area contributed by atoms with Crippen LogP contribution in [0.5, 0.6) is 0 Å². The minimum atomic E-state index is -0.839. The van der Waals surface area contributed by atoms with E-state index in [9.17, 15) is 9.90 Å². The lowest BCUT2D eigenvalue weighted by Gasteiger charge is -2.16. The molecule has 0 amide bonds. The first kappa shape index (κ1) is 18.6. The van der Waals surface area contributed by atoms with Crippen LogP contribution < -0.4 is 0 Å². The molecule has 3 aromatic carbocycles. The lowest BCUT2D eigenvalue weighted by atomic mass is 9.89. The minimum absolute atomic E-state index is 0.337. The number of pyridine rings is 1. The minimum Gasteiger partial charge on any atom is -0.478 e. The summed E-state index contributed by atoms with van der Waals surface area (Å²) in [6.45, 7) is 0. The van der Waals surface area contributed by atoms with Crippen LogP contribution >= 0.6 is 0 Å². The molecule has 0 saturated heterocycles. The monoisotopic (exact) mass is 393 g/mol. The topological polar surface area (TPSA) is 50.2 Å². The number of fused-ring (bicyclic) bond motifs is 1. The lowest BCUT2D eigenvalue weighted by Crippen LogP contribution is -2.06. The van der Waals surface area contributed by atoms with E-state index in [-0.39, 0.29) is 0 Å². The number of nitrogens with zero attached hydrogens (tertiary/aromatic N) is 1. The molecule has 3 heteroatoms. The van der Waals surface area contributed by atoms with Gasteiger partial charge in [-0.05, 0) is 76.9 Å². The van der Waals surface area contributed by atoms with E-state index in [2.05, 4.69) is 41.4 Å². The van der Waals surface area contributed by atoms with Crippen LogP contribution in [-0.2, 0) is 0 Å². The van der Waals surface area contributed by atoms with Crippen molar-refractivity contribution in [3.63, 3.8) is 0 Å². The fourth-order valence-electron chi connectivity index (χ4n) is 4.71. The van der Waals surface area contributed by atoms with Crippen molar-refractivity contribution in [2.75, 3.05) is 0 Å². The Bertz CT molecular complexity index is 1220. The molecule has 30 heavy (non-hydrogen) atoms. The number of carboxylic acids is 1. The third kappa shape index (κ3) is 3.37. The average molecular weight is 393 g/mol. The van der Waals surface area contributed by atoms with Gasteiger partial charge in [-0.25, -0.2) is 4.79 Å². The number of hydrogen-bond donors (Lipinski definition) is 1. The quantitative estimate of drug-likeness (QED) is 0.409. The zero-order valence-corrected chi connectivity index (χ0v) is 16.7. The van der Waals surface area contributed by atoms with Gasteiger partial charge in [0.05, 0.1) is 11.1 Å². The van der Waals surface area contributed by atoms with Gasteiger partial charge in [0, 0.05) is 11.6 Å². The van der Waals surface area contributed by atoms with E-state index in [1.807, 2.05) is 36.5 Å². The molecule has 1 N–H and O–H groups in total. The zero-order valence-electron chi connectivity index (χ0n) is 16.7. The van der Waals surface area contributed by atoms with Crippen LogP contribution in [-0.4, -0.2) is 16.1 Å². The Balaban J connectivity index is 1.67. The van der Waals surface area contributed by atoms with Gasteiger partial charge in [0.2, 0.25) is 0 Å². The molecule has 1 saturated carbocycles. The van der Waals surface area contributed by atoms with Crippen LogP contribution in [0.2, 0.25) is 0 Å². The standard InChI is InChI=1S/C27H23NO2/c29-27(30)23-12-10-21(17-24(23)19-8-4-5-9-19)22-14-15-28-26-13-11-20(16-25(22)26)18-6-2-1-3-7-18/h1-3,6-7,10-17,19H,4-5,8-9H2,(H,29,30). The first-order valence-electron chi connectivity index (χ1n) is 10.5. The predicted molar refractivity (Wildman–Crippen MR) is 121 cm³/mol. The number of hydrogen-bond acceptors (Lipinski definition) is 2. The fourth-order valence-corrected chi connectivity index (χ4v) is 4.71. The molecule has 0 spiro atoms. The third-order valence-electron chi connectivity index (χ3n) is 6.24. The van der Waals surface area contributed by atoms with Crippen LogP contribution in [0.25, 0.3) is 33.2 Å². The normalized spacial score (nSPS) is 14.3. The highest BCUT2D eigenvalue weighted by Gasteiger charge is 2.23. The number of benzene rings is 3. The SMILES string of the molecule is O=C(O)c1ccc(-c2ccnc3ccc(-c4ccccc4)cc23)cc1C1CCCC1. The molecule has 0 radical (unpaired) electrons. The summed E-state index contributed by atoms with van der Waals surface area (Å²) in [6.07, 6.45) is 6.32. The zero-order chi connectivity index (χ0) is 20.5. The molecule has 3 nitrogen and oxygen atoms in total. The number of carbonyl (C=O) groups is 1. The van der Waals surface area contributed by atoms with Crippen LogP contribution in [0.15, 0.2) is 79.0 Å². The highest BCUT2D eigenvalue weighted by Crippen LogP contribution is 2.39. The molecule has 0 atom stereocenters. The summed E-state index contributed by atoms with van der Waals surface area (Å²) in [4.78, 5) is 16.4. The van der Waals surface area contributed by atoms with Crippen molar-refractivity contribution in [2.24, 2.45) is 0 Å². The maximum atomic E-state index is 11.8. The Hall–Kier alpha value is -3.46. The Morgan fingerprint density at radius 1 is 0.833 bits per heavy atom. The number of aromatic carboxylic acids is 1. The summed E-state index contributed by atoms with van der Waals surface area (Å²) in [5, 5.41) is 10.8. The van der Waals surface area contributed by atoms with Crippen molar-refractivity contribution < 1.29 is 9.90 Å². The largest absolute Gasteiger partial charge is 0.478 e. The Morgan fingerprint density at radius 2 is 1.60 bits per heavy atom. The van der Waals surface area contributed by atoms with E-state index in [1.54, 1.807) is 6.07 Å². The number of carboxylic acid groups (broad SMARTS) is 1. The van der Waals surface area contributed by atoms with Crippen molar-refractivity contribution in [3.8, 4) is 22.3 Å². The molecule has 4 aromatic rings. The second-order valence-electron chi connectivity index (χ2n) is 8.05. The highest BCUT2D eigenvalue weighted by atomic mass is 16.4. The second kappa shape index (κ2) is 7.75. The maximum absolute atomic E-state index is 11.8. The predicted octanol–water partition coefficient (Wildman–Crippen LogP) is 6.92. The van der Waals surface area contributed by atoms with Crippen molar-refractivity contribution in [3.05, 3.63) is 90.1 Å². The molecular formula is C27H23NO2. The van der Waals surface area contributed by atoms with Crippen LogP contribution in [0, 0.1) is 0 Å². The summed E-state index contributed by atoms with van der Waals surface area (Å²) in [5.41, 5.74) is 6.82. The second-order valence-corrected chi connectivity index (χ2v) is 8.05. The third-order valence-corrected chi connectivity index (χ3v) is 6.24. The van der Waals surface area contributed by atoms with E-state index < -0.39 is 5.97 Å². The first-order chi connectivity index (χ1) is 14.7. The first-order valence-corrected chi connectivity index (χ1v) is 10.5. The van der Waals surface area contributed by atoms with Gasteiger partial charge in [0.25, 0.3) is 0 Å². The summed E-state index contributed by atoms with van der Waals surface area (Å²) >= 11 is 0. The van der Waals surface area contributed by atoms with Gasteiger partial charge in [0.1, 0.15) is 0 Å². The lowest BCUT2D eigenvalue weighted by molar-refractivity contribution is 0.0695. The van der Waals surface area contributed by atoms with Gasteiger partial charge in [-0.15, -0.1) is 0 Å². The van der Waals surface area contributed by atoms with Gasteiger partial charge >= 0.3 is 5.97 Å². The number of rotatable bonds is 4. The molecule has 148 valence electrons. The van der Waals surface area contributed by atoms with Crippen molar-refractivity contribution >= 4 is 16.9 Å². The van der Waals surface area contributed by atoms with Gasteiger partial charge in [-0.3, -0.25) is 4.98 Å². The smallest absolute Gasteiger partial charge is 0.335 e. The molecule has 1 fully saturated rings. The van der Waals surface area contributed by atoms with E-state index >= 15 is 0 Å². The molecule has 1 heterocycles. The highest BCUT2D eigenvalue weighted by molar-refractivity contribution is 5.98. The van der Waals surface area contributed by atoms with Gasteiger partial charge in [-0.2, -0.15) is 0 Å². The van der Waals surface area contributed by atoms with E-state index in [1.165, 1.54) is 18.4 Å². The summed E-state index contributed by atoms with van der Waals surface area (Å²) < 4.78 is 0. The van der Waals surface area contributed by atoms with Gasteiger partial charge in [0.15, 0.2) is 0 Å². The Morgan fingerprint density at radius 3 is 2.37 bits per heavy atom. The summed E-state index contributed by atoms with van der Waals surface area (Å²) in [6, 6.07) is 24.5. The average Bonchev–Trinajstić information content (AvgIpc) is 3.33. The Kier molecular flexibility index (Phi) is 4.80.